The third-order valence-electron chi connectivity index (χ3n) is 4.05. The molecule has 0 aliphatic heterocycles. The maximum Gasteiger partial charge on any atom is 0.0657 e. The Balaban J connectivity index is 2.01. The molecule has 2 rings (SSSR count). The molecule has 0 heterocycles. The minimum atomic E-state index is 0.519. The Bertz CT molecular complexity index is 175. The molecule has 0 aromatic rings. The molecule has 13 heavy (non-hydrogen) atoms. The van der Waals surface area contributed by atoms with Gasteiger partial charge in [0.15, 0.2) is 0 Å². The minimum absolute atomic E-state index is 0.519. The molecule has 1 N–H and O–H groups in total. The van der Waals surface area contributed by atoms with E-state index in [1.807, 2.05) is 7.11 Å². The van der Waals surface area contributed by atoms with Crippen molar-refractivity contribution in [2.24, 2.45) is 5.41 Å². The maximum atomic E-state index is 5.56. The van der Waals surface area contributed by atoms with Crippen LogP contribution in [0, 0.1) is 5.41 Å². The van der Waals surface area contributed by atoms with Crippen LogP contribution in [0.3, 0.4) is 0 Å². The number of ether oxygens (including phenoxy) is 1. The van der Waals surface area contributed by atoms with Gasteiger partial charge in [-0.05, 0) is 25.8 Å². The van der Waals surface area contributed by atoms with Crippen LogP contribution in [0.5, 0.6) is 0 Å². The molecular formula is C11H21NO. The van der Waals surface area contributed by atoms with Gasteiger partial charge in [0.2, 0.25) is 0 Å². The van der Waals surface area contributed by atoms with Crippen molar-refractivity contribution in [2.45, 2.75) is 51.2 Å². The van der Waals surface area contributed by atoms with E-state index in [-0.39, 0.29) is 0 Å². The van der Waals surface area contributed by atoms with Gasteiger partial charge in [-0.15, -0.1) is 0 Å². The van der Waals surface area contributed by atoms with E-state index in [4.69, 9.17) is 4.74 Å². The highest BCUT2D eigenvalue weighted by atomic mass is 16.5. The van der Waals surface area contributed by atoms with Crippen LogP contribution in [-0.2, 0) is 4.74 Å². The highest BCUT2D eigenvalue weighted by molar-refractivity contribution is 5.09. The van der Waals surface area contributed by atoms with Crippen molar-refractivity contribution < 1.29 is 4.74 Å². The second kappa shape index (κ2) is 3.58. The van der Waals surface area contributed by atoms with Gasteiger partial charge in [-0.1, -0.05) is 19.8 Å². The normalized spacial score (nSPS) is 36.5. The van der Waals surface area contributed by atoms with Crippen molar-refractivity contribution in [3.63, 3.8) is 0 Å². The van der Waals surface area contributed by atoms with E-state index in [0.717, 1.165) is 12.6 Å². The molecule has 2 nitrogen and oxygen atoms in total. The molecule has 2 fully saturated rings. The summed E-state index contributed by atoms with van der Waals surface area (Å²) in [5.41, 5.74) is 0.519. The number of methoxy groups -OCH3 is 1. The van der Waals surface area contributed by atoms with Crippen LogP contribution < -0.4 is 5.32 Å². The second-order valence-corrected chi connectivity index (χ2v) is 4.51. The first-order chi connectivity index (χ1) is 6.33. The van der Waals surface area contributed by atoms with E-state index < -0.39 is 0 Å². The third kappa shape index (κ3) is 1.31. The summed E-state index contributed by atoms with van der Waals surface area (Å²) < 4.78 is 5.56. The molecule has 1 spiro atoms. The van der Waals surface area contributed by atoms with Gasteiger partial charge < -0.3 is 10.1 Å². The average Bonchev–Trinajstić information content (AvgIpc) is 2.62. The molecule has 2 heteroatoms. The lowest BCUT2D eigenvalue weighted by atomic mass is 9.60. The monoisotopic (exact) mass is 183 g/mol. The highest BCUT2D eigenvalue weighted by Gasteiger charge is 2.55. The van der Waals surface area contributed by atoms with Gasteiger partial charge in [0.1, 0.15) is 0 Å². The number of rotatable bonds is 3. The SMILES string of the molecule is CCNC1CC(OC)C12CCCC2. The van der Waals surface area contributed by atoms with E-state index in [9.17, 15) is 0 Å². The zero-order valence-corrected chi connectivity index (χ0v) is 8.81. The first-order valence-electron chi connectivity index (χ1n) is 5.59. The standard InChI is InChI=1S/C11H21NO/c1-3-12-9-8-10(13-2)11(9)6-4-5-7-11/h9-10,12H,3-8H2,1-2H3. The van der Waals surface area contributed by atoms with Crippen molar-refractivity contribution >= 4 is 0 Å². The summed E-state index contributed by atoms with van der Waals surface area (Å²) in [4.78, 5) is 0. The maximum absolute atomic E-state index is 5.56. The number of hydrogen-bond donors (Lipinski definition) is 1. The summed E-state index contributed by atoms with van der Waals surface area (Å²) in [5.74, 6) is 0. The Kier molecular flexibility index (Phi) is 2.61. The average molecular weight is 183 g/mol. The molecule has 76 valence electrons. The molecule has 0 bridgehead atoms. The number of nitrogens with one attached hydrogen (secondary N) is 1. The predicted octanol–water partition coefficient (Wildman–Crippen LogP) is 1.94. The van der Waals surface area contributed by atoms with Crippen molar-refractivity contribution in [1.82, 2.24) is 5.32 Å². The first-order valence-corrected chi connectivity index (χ1v) is 5.59. The van der Waals surface area contributed by atoms with Crippen molar-refractivity contribution in [2.75, 3.05) is 13.7 Å². The van der Waals surface area contributed by atoms with E-state index in [1.165, 1.54) is 32.1 Å². The molecule has 0 saturated heterocycles. The Labute approximate surface area is 81.0 Å². The van der Waals surface area contributed by atoms with Gasteiger partial charge >= 0.3 is 0 Å². The molecular weight excluding hydrogens is 162 g/mol. The fraction of sp³-hybridized carbons (Fsp3) is 1.00. The topological polar surface area (TPSA) is 21.3 Å². The largest absolute Gasteiger partial charge is 0.381 e. The zero-order valence-electron chi connectivity index (χ0n) is 8.81. The van der Waals surface area contributed by atoms with Crippen LogP contribution in [0.25, 0.3) is 0 Å². The molecule has 0 aromatic carbocycles. The van der Waals surface area contributed by atoms with Crippen LogP contribution in [0.1, 0.15) is 39.0 Å². The summed E-state index contributed by atoms with van der Waals surface area (Å²) in [6.45, 7) is 3.30. The lowest BCUT2D eigenvalue weighted by Crippen LogP contribution is -2.62. The fourth-order valence-electron chi connectivity index (χ4n) is 3.32. The molecule has 2 unspecified atom stereocenters. The smallest absolute Gasteiger partial charge is 0.0657 e. The van der Waals surface area contributed by atoms with E-state index >= 15 is 0 Å². The minimum Gasteiger partial charge on any atom is -0.381 e. The summed E-state index contributed by atoms with van der Waals surface area (Å²) in [6, 6.07) is 0.741. The molecule has 2 atom stereocenters. The summed E-state index contributed by atoms with van der Waals surface area (Å²) >= 11 is 0. The van der Waals surface area contributed by atoms with Crippen LogP contribution in [0.15, 0.2) is 0 Å². The van der Waals surface area contributed by atoms with Crippen molar-refractivity contribution in [1.29, 1.82) is 0 Å². The molecule has 2 aliphatic rings. The quantitative estimate of drug-likeness (QED) is 0.722. The third-order valence-corrected chi connectivity index (χ3v) is 4.05. The fourth-order valence-corrected chi connectivity index (χ4v) is 3.32. The molecule has 2 aliphatic carbocycles. The lowest BCUT2D eigenvalue weighted by molar-refractivity contribution is -0.115. The van der Waals surface area contributed by atoms with E-state index in [0.29, 0.717) is 11.5 Å². The second-order valence-electron chi connectivity index (χ2n) is 4.51. The highest BCUT2D eigenvalue weighted by Crippen LogP contribution is 2.54. The summed E-state index contributed by atoms with van der Waals surface area (Å²) in [5, 5.41) is 3.60. The Morgan fingerprint density at radius 2 is 2.08 bits per heavy atom. The number of hydrogen-bond acceptors (Lipinski definition) is 2. The molecule has 0 radical (unpaired) electrons. The van der Waals surface area contributed by atoms with Gasteiger partial charge in [-0.2, -0.15) is 0 Å². The molecule has 0 amide bonds. The summed E-state index contributed by atoms with van der Waals surface area (Å²) in [6.07, 6.45) is 7.33. The van der Waals surface area contributed by atoms with E-state index in [2.05, 4.69) is 12.2 Å². The first kappa shape index (κ1) is 9.47. The van der Waals surface area contributed by atoms with Crippen LogP contribution >= 0.6 is 0 Å². The van der Waals surface area contributed by atoms with Crippen molar-refractivity contribution in [3.05, 3.63) is 0 Å². The molecule has 0 aromatic heterocycles. The van der Waals surface area contributed by atoms with Gasteiger partial charge in [-0.3, -0.25) is 0 Å². The van der Waals surface area contributed by atoms with Crippen LogP contribution in [-0.4, -0.2) is 25.8 Å². The van der Waals surface area contributed by atoms with Crippen LogP contribution in [0.2, 0.25) is 0 Å². The zero-order chi connectivity index (χ0) is 9.31. The Hall–Kier alpha value is -0.0800. The van der Waals surface area contributed by atoms with Gasteiger partial charge in [0.05, 0.1) is 6.10 Å². The van der Waals surface area contributed by atoms with E-state index in [1.54, 1.807) is 0 Å². The predicted molar refractivity (Wildman–Crippen MR) is 53.8 cm³/mol. The van der Waals surface area contributed by atoms with Crippen molar-refractivity contribution in [3.8, 4) is 0 Å². The van der Waals surface area contributed by atoms with Gasteiger partial charge in [0, 0.05) is 18.6 Å². The lowest BCUT2D eigenvalue weighted by Gasteiger charge is -2.54. The molecule has 2 saturated carbocycles. The van der Waals surface area contributed by atoms with Crippen LogP contribution in [0.4, 0.5) is 0 Å². The van der Waals surface area contributed by atoms with Gasteiger partial charge in [-0.25, -0.2) is 0 Å². The summed E-state index contributed by atoms with van der Waals surface area (Å²) in [7, 11) is 1.87. The Morgan fingerprint density at radius 1 is 1.38 bits per heavy atom. The Morgan fingerprint density at radius 3 is 2.62 bits per heavy atom. The van der Waals surface area contributed by atoms with Gasteiger partial charge in [0.25, 0.3) is 0 Å².